The SMILES string of the molecule is CC(=O)CC(=O)NOC(N)=O.N. The highest BCUT2D eigenvalue weighted by atomic mass is 16.7. The van der Waals surface area contributed by atoms with E-state index >= 15 is 0 Å². The summed E-state index contributed by atoms with van der Waals surface area (Å²) < 4.78 is 0. The lowest BCUT2D eigenvalue weighted by molar-refractivity contribution is -0.133. The second-order valence-electron chi connectivity index (χ2n) is 1.83. The van der Waals surface area contributed by atoms with Crippen molar-refractivity contribution in [2.45, 2.75) is 13.3 Å². The molecule has 7 nitrogen and oxygen atoms in total. The number of hydrogen-bond donors (Lipinski definition) is 3. The maximum absolute atomic E-state index is 10.5. The van der Waals surface area contributed by atoms with Crippen LogP contribution in [0.3, 0.4) is 0 Å². The molecule has 0 saturated carbocycles. The monoisotopic (exact) mass is 177 g/mol. The fourth-order valence-corrected chi connectivity index (χ4v) is 0.369. The van der Waals surface area contributed by atoms with E-state index in [2.05, 4.69) is 10.6 Å². The molecule has 0 aliphatic carbocycles. The van der Waals surface area contributed by atoms with Crippen LogP contribution in [0.5, 0.6) is 0 Å². The van der Waals surface area contributed by atoms with Gasteiger partial charge in [-0.25, -0.2) is 4.79 Å². The first-order valence-electron chi connectivity index (χ1n) is 2.77. The van der Waals surface area contributed by atoms with Crippen molar-refractivity contribution in [1.29, 1.82) is 0 Å². The van der Waals surface area contributed by atoms with Gasteiger partial charge in [0, 0.05) is 0 Å². The molecule has 0 heterocycles. The summed E-state index contributed by atoms with van der Waals surface area (Å²) in [4.78, 5) is 34.5. The van der Waals surface area contributed by atoms with E-state index in [4.69, 9.17) is 0 Å². The van der Waals surface area contributed by atoms with E-state index in [9.17, 15) is 14.4 Å². The molecule has 0 unspecified atom stereocenters. The Kier molecular flexibility index (Phi) is 6.61. The Morgan fingerprint density at radius 3 is 2.25 bits per heavy atom. The zero-order valence-corrected chi connectivity index (χ0v) is 6.62. The second kappa shape index (κ2) is 6.10. The lowest BCUT2D eigenvalue weighted by Gasteiger charge is -1.99. The molecule has 0 saturated heterocycles. The van der Waals surface area contributed by atoms with Crippen molar-refractivity contribution in [3.63, 3.8) is 0 Å². The second-order valence-corrected chi connectivity index (χ2v) is 1.83. The predicted octanol–water partition coefficient (Wildman–Crippen LogP) is -0.746. The third-order valence-corrected chi connectivity index (χ3v) is 0.675. The number of primary amides is 1. The van der Waals surface area contributed by atoms with E-state index in [1.165, 1.54) is 6.92 Å². The zero-order chi connectivity index (χ0) is 8.85. The van der Waals surface area contributed by atoms with Crippen molar-refractivity contribution in [3.8, 4) is 0 Å². The Balaban J connectivity index is 0. The predicted molar refractivity (Wildman–Crippen MR) is 39.1 cm³/mol. The zero-order valence-electron chi connectivity index (χ0n) is 6.62. The van der Waals surface area contributed by atoms with E-state index in [0.717, 1.165) is 0 Å². The van der Waals surface area contributed by atoms with E-state index in [1.54, 1.807) is 5.48 Å². The molecule has 2 amide bonds. The number of Topliss-reactive ketones (excluding diaryl/α,β-unsaturated/α-hetero) is 1. The number of carbonyl (C=O) groups excluding carboxylic acids is 3. The molecule has 6 N–H and O–H groups in total. The molecule has 0 aromatic rings. The maximum atomic E-state index is 10.5. The Morgan fingerprint density at radius 2 is 1.92 bits per heavy atom. The molecule has 12 heavy (non-hydrogen) atoms. The molecule has 0 atom stereocenters. The summed E-state index contributed by atoms with van der Waals surface area (Å²) in [6.45, 7) is 1.24. The number of carbonyl (C=O) groups is 3. The largest absolute Gasteiger partial charge is 0.428 e. The molecule has 0 fully saturated rings. The summed E-state index contributed by atoms with van der Waals surface area (Å²) in [7, 11) is 0. The third-order valence-electron chi connectivity index (χ3n) is 0.675. The van der Waals surface area contributed by atoms with Crippen molar-refractivity contribution in [2.75, 3.05) is 0 Å². The molecule has 0 radical (unpaired) electrons. The number of amides is 2. The molecule has 7 heteroatoms. The number of nitrogens with one attached hydrogen (secondary N) is 1. The van der Waals surface area contributed by atoms with Crippen molar-refractivity contribution < 1.29 is 19.2 Å². The number of ketones is 1. The van der Waals surface area contributed by atoms with Gasteiger partial charge in [-0.1, -0.05) is 0 Å². The van der Waals surface area contributed by atoms with Crippen LogP contribution >= 0.6 is 0 Å². The molecular weight excluding hydrogens is 166 g/mol. The fourth-order valence-electron chi connectivity index (χ4n) is 0.369. The first-order chi connectivity index (χ1) is 5.02. The van der Waals surface area contributed by atoms with Gasteiger partial charge in [0.2, 0.25) is 0 Å². The minimum Gasteiger partial charge on any atom is -0.344 e. The highest BCUT2D eigenvalue weighted by molar-refractivity contribution is 5.96. The average Bonchev–Trinajstić information content (AvgIpc) is 1.82. The first-order valence-corrected chi connectivity index (χ1v) is 2.77. The van der Waals surface area contributed by atoms with Crippen LogP contribution in [0, 0.1) is 0 Å². The smallest absolute Gasteiger partial charge is 0.344 e. The highest BCUT2D eigenvalue weighted by Crippen LogP contribution is 1.80. The molecule has 0 bridgehead atoms. The molecule has 0 spiro atoms. The Hall–Kier alpha value is -1.63. The first kappa shape index (κ1) is 13.0. The van der Waals surface area contributed by atoms with Gasteiger partial charge in [-0.15, -0.1) is 0 Å². The molecular formula is C5H11N3O4. The number of nitrogens with two attached hydrogens (primary N) is 1. The summed E-state index contributed by atoms with van der Waals surface area (Å²) in [5.41, 5.74) is 6.19. The number of hydrogen-bond acceptors (Lipinski definition) is 5. The van der Waals surface area contributed by atoms with Crippen LogP contribution in [-0.4, -0.2) is 17.8 Å². The van der Waals surface area contributed by atoms with Crippen LogP contribution in [0.4, 0.5) is 4.79 Å². The normalized spacial score (nSPS) is 7.75. The Bertz CT molecular complexity index is 191. The maximum Gasteiger partial charge on any atom is 0.428 e. The molecule has 0 rings (SSSR count). The van der Waals surface area contributed by atoms with Crippen LogP contribution in [0.15, 0.2) is 0 Å². The Labute approximate surface area is 68.8 Å². The topological polar surface area (TPSA) is 133 Å². The van der Waals surface area contributed by atoms with Crippen LogP contribution in [0.2, 0.25) is 0 Å². The van der Waals surface area contributed by atoms with Crippen LogP contribution in [-0.2, 0) is 14.4 Å². The highest BCUT2D eigenvalue weighted by Gasteiger charge is 2.05. The fraction of sp³-hybridized carbons (Fsp3) is 0.400. The summed E-state index contributed by atoms with van der Waals surface area (Å²) in [5, 5.41) is 0. The standard InChI is InChI=1S/C5H8N2O4.H3N/c1-3(8)2-4(9)7-11-5(6)10;/h2H2,1H3,(H2,6,10)(H,7,9);1H3. The van der Waals surface area contributed by atoms with Crippen molar-refractivity contribution in [2.24, 2.45) is 5.73 Å². The molecule has 0 aromatic heterocycles. The summed E-state index contributed by atoms with van der Waals surface area (Å²) in [5.74, 6) is -1.02. The van der Waals surface area contributed by atoms with Gasteiger partial charge in [0.25, 0.3) is 5.91 Å². The lowest BCUT2D eigenvalue weighted by Crippen LogP contribution is -2.30. The van der Waals surface area contributed by atoms with Crippen LogP contribution < -0.4 is 17.4 Å². The lowest BCUT2D eigenvalue weighted by atomic mass is 10.3. The number of hydroxylamine groups is 1. The molecule has 70 valence electrons. The van der Waals surface area contributed by atoms with Crippen molar-refractivity contribution in [3.05, 3.63) is 0 Å². The van der Waals surface area contributed by atoms with Crippen molar-refractivity contribution >= 4 is 17.8 Å². The van der Waals surface area contributed by atoms with E-state index in [-0.39, 0.29) is 18.4 Å². The van der Waals surface area contributed by atoms with Gasteiger partial charge in [-0.3, -0.25) is 9.59 Å². The van der Waals surface area contributed by atoms with Gasteiger partial charge in [-0.2, -0.15) is 5.48 Å². The molecule has 0 aliphatic heterocycles. The van der Waals surface area contributed by atoms with E-state index in [0.29, 0.717) is 0 Å². The minimum atomic E-state index is -1.12. The van der Waals surface area contributed by atoms with Crippen LogP contribution in [0.1, 0.15) is 13.3 Å². The van der Waals surface area contributed by atoms with Crippen molar-refractivity contribution in [1.82, 2.24) is 11.6 Å². The summed E-state index contributed by atoms with van der Waals surface area (Å²) in [6, 6.07) is 0. The summed E-state index contributed by atoms with van der Waals surface area (Å²) >= 11 is 0. The number of rotatable bonds is 2. The third kappa shape index (κ3) is 8.37. The molecule has 0 aromatic carbocycles. The van der Waals surface area contributed by atoms with Gasteiger partial charge in [0.05, 0.1) is 6.42 Å². The molecule has 0 aliphatic rings. The average molecular weight is 177 g/mol. The summed E-state index contributed by atoms with van der Waals surface area (Å²) in [6.07, 6.45) is -1.45. The van der Waals surface area contributed by atoms with Gasteiger partial charge in [0.1, 0.15) is 5.78 Å². The van der Waals surface area contributed by atoms with Gasteiger partial charge in [0.15, 0.2) is 0 Å². The quantitative estimate of drug-likeness (QED) is 0.377. The van der Waals surface area contributed by atoms with E-state index < -0.39 is 12.0 Å². The van der Waals surface area contributed by atoms with Gasteiger partial charge >= 0.3 is 6.09 Å². The van der Waals surface area contributed by atoms with Gasteiger partial charge < -0.3 is 16.7 Å². The van der Waals surface area contributed by atoms with Gasteiger partial charge in [-0.05, 0) is 6.92 Å². The Morgan fingerprint density at radius 1 is 1.42 bits per heavy atom. The van der Waals surface area contributed by atoms with E-state index in [1.807, 2.05) is 0 Å². The van der Waals surface area contributed by atoms with Crippen LogP contribution in [0.25, 0.3) is 0 Å². The minimum absolute atomic E-state index is 0.